The van der Waals surface area contributed by atoms with Crippen molar-refractivity contribution >= 4 is 20.0 Å². The van der Waals surface area contributed by atoms with Gasteiger partial charge in [-0.1, -0.05) is 13.8 Å². The highest BCUT2D eigenvalue weighted by Gasteiger charge is 2.46. The predicted molar refractivity (Wildman–Crippen MR) is 73.8 cm³/mol. The molecule has 25 heavy (non-hydrogen) atoms. The summed E-state index contributed by atoms with van der Waals surface area (Å²) in [5.41, 5.74) is -12.4. The van der Waals surface area contributed by atoms with Crippen LogP contribution in [0, 0.1) is 5.92 Å². The van der Waals surface area contributed by atoms with E-state index < -0.39 is 31.1 Å². The maximum Gasteiger partial charge on any atom is 0.480 e. The number of imidazole rings is 1. The number of H-pyrrole nitrogens is 1. The average molecular weight is 419 g/mol. The standard InChI is InChI=1S/C8H14N2.C2F6NO4S2/c1-7(2)6-8-9-4-5-10(8)3;3-1(4,5)14(10,11)9-15(12,13)2(6,7)8/h4-5,7H,6H2,1-3H3;/q;-1/p+1. The van der Waals surface area contributed by atoms with Gasteiger partial charge in [-0.2, -0.15) is 26.3 Å². The first-order chi connectivity index (χ1) is 10.9. The van der Waals surface area contributed by atoms with E-state index in [1.165, 1.54) is 5.82 Å². The molecule has 1 rings (SSSR count). The van der Waals surface area contributed by atoms with Crippen molar-refractivity contribution in [3.05, 3.63) is 22.3 Å². The molecule has 0 aliphatic rings. The molecule has 0 amide bonds. The van der Waals surface area contributed by atoms with Gasteiger partial charge in [0.1, 0.15) is 12.4 Å². The Morgan fingerprint density at radius 2 is 1.44 bits per heavy atom. The van der Waals surface area contributed by atoms with E-state index in [0.717, 1.165) is 16.5 Å². The summed E-state index contributed by atoms with van der Waals surface area (Å²) in [6, 6.07) is 0. The van der Waals surface area contributed by atoms with Crippen LogP contribution in [0.2, 0.25) is 0 Å². The van der Waals surface area contributed by atoms with Gasteiger partial charge in [-0.25, -0.2) is 26.4 Å². The zero-order valence-corrected chi connectivity index (χ0v) is 14.7. The highest BCUT2D eigenvalue weighted by molar-refractivity contribution is 8.13. The van der Waals surface area contributed by atoms with E-state index in [4.69, 9.17) is 0 Å². The molecule has 1 aromatic rings. The van der Waals surface area contributed by atoms with Crippen molar-refractivity contribution in [2.45, 2.75) is 31.3 Å². The molecule has 0 unspecified atom stereocenters. The molecule has 0 saturated carbocycles. The van der Waals surface area contributed by atoms with Gasteiger partial charge < -0.3 is 4.13 Å². The molecule has 0 saturated heterocycles. The number of aromatic nitrogens is 2. The van der Waals surface area contributed by atoms with Crippen LogP contribution >= 0.6 is 0 Å². The van der Waals surface area contributed by atoms with E-state index in [9.17, 15) is 43.2 Å². The van der Waals surface area contributed by atoms with Crippen LogP contribution in [0.4, 0.5) is 26.3 Å². The second-order valence-corrected chi connectivity index (χ2v) is 8.45. The Bertz CT molecular complexity index is 723. The molecule has 0 bridgehead atoms. The van der Waals surface area contributed by atoms with Gasteiger partial charge in [-0.15, -0.1) is 0 Å². The number of halogens is 6. The van der Waals surface area contributed by atoms with Gasteiger partial charge in [0.05, 0.1) is 13.5 Å². The Morgan fingerprint density at radius 1 is 1.04 bits per heavy atom. The van der Waals surface area contributed by atoms with Crippen molar-refractivity contribution in [3.8, 4) is 0 Å². The van der Waals surface area contributed by atoms with Gasteiger partial charge >= 0.3 is 11.0 Å². The van der Waals surface area contributed by atoms with Crippen LogP contribution in [0.15, 0.2) is 12.4 Å². The summed E-state index contributed by atoms with van der Waals surface area (Å²) in [5.74, 6) is 2.03. The van der Waals surface area contributed by atoms with Crippen LogP contribution in [0.25, 0.3) is 4.13 Å². The highest BCUT2D eigenvalue weighted by atomic mass is 32.3. The summed E-state index contributed by atoms with van der Waals surface area (Å²) >= 11 is 0. The molecule has 0 aliphatic carbocycles. The van der Waals surface area contributed by atoms with Crippen LogP contribution in [-0.4, -0.2) is 32.8 Å². The zero-order chi connectivity index (χ0) is 20.3. The minimum atomic E-state index is -6.72. The number of aryl methyl sites for hydroxylation is 1. The van der Waals surface area contributed by atoms with Crippen molar-refractivity contribution in [3.63, 3.8) is 0 Å². The summed E-state index contributed by atoms with van der Waals surface area (Å²) in [4.78, 5) is 3.20. The summed E-state index contributed by atoms with van der Waals surface area (Å²) in [6.45, 7) is 4.45. The molecule has 148 valence electrons. The molecule has 7 nitrogen and oxygen atoms in total. The SMILES string of the molecule is CC(C)Cc1[nH]cc[n+]1C.O=S(=O)([N-]S(=O)(=O)C(F)(F)F)C(F)(F)F. The van der Waals surface area contributed by atoms with E-state index in [2.05, 4.69) is 30.4 Å². The second kappa shape index (κ2) is 7.90. The van der Waals surface area contributed by atoms with Gasteiger partial charge in [0.15, 0.2) is 20.0 Å². The number of aromatic amines is 1. The molecule has 15 heteroatoms. The lowest BCUT2D eigenvalue weighted by molar-refractivity contribution is -0.678. The largest absolute Gasteiger partial charge is 0.480 e. The Labute approximate surface area is 140 Å². The van der Waals surface area contributed by atoms with Gasteiger partial charge in [0.25, 0.3) is 5.82 Å². The zero-order valence-electron chi connectivity index (χ0n) is 13.1. The third-order valence-electron chi connectivity index (χ3n) is 2.36. The molecule has 0 aliphatic heterocycles. The molecular formula is C10H15F6N3O4S2. The smallest absolute Gasteiger partial charge is 0.421 e. The average Bonchev–Trinajstić information content (AvgIpc) is 2.70. The van der Waals surface area contributed by atoms with Crippen LogP contribution in [0.3, 0.4) is 0 Å². The van der Waals surface area contributed by atoms with Crippen LogP contribution in [0.5, 0.6) is 0 Å². The molecule has 0 fully saturated rings. The fraction of sp³-hybridized carbons (Fsp3) is 0.700. The minimum Gasteiger partial charge on any atom is -0.421 e. The van der Waals surface area contributed by atoms with E-state index in [1.807, 2.05) is 12.4 Å². The van der Waals surface area contributed by atoms with E-state index >= 15 is 0 Å². The summed E-state index contributed by atoms with van der Waals surface area (Å²) < 4.78 is 111. The lowest BCUT2D eigenvalue weighted by Gasteiger charge is -2.22. The lowest BCUT2D eigenvalue weighted by atomic mass is 10.1. The Morgan fingerprint density at radius 3 is 1.68 bits per heavy atom. The topological polar surface area (TPSA) is 102 Å². The van der Waals surface area contributed by atoms with Crippen molar-refractivity contribution in [1.29, 1.82) is 0 Å². The molecule has 0 aromatic carbocycles. The predicted octanol–water partition coefficient (Wildman–Crippen LogP) is 2.10. The number of hydrogen-bond donors (Lipinski definition) is 1. The first-order valence-electron chi connectivity index (χ1n) is 6.29. The van der Waals surface area contributed by atoms with Crippen molar-refractivity contribution in [2.24, 2.45) is 13.0 Å². The molecule has 0 radical (unpaired) electrons. The van der Waals surface area contributed by atoms with E-state index in [1.54, 1.807) is 0 Å². The number of alkyl halides is 6. The van der Waals surface area contributed by atoms with Crippen molar-refractivity contribution in [2.75, 3.05) is 0 Å². The summed E-state index contributed by atoms with van der Waals surface area (Å²) in [5, 5.41) is 0. The van der Waals surface area contributed by atoms with Gasteiger partial charge in [0.2, 0.25) is 0 Å². The molecule has 0 atom stereocenters. The van der Waals surface area contributed by atoms with Gasteiger partial charge in [-0.05, 0) is 5.92 Å². The van der Waals surface area contributed by atoms with Crippen LogP contribution in [0.1, 0.15) is 19.7 Å². The number of nitrogens with zero attached hydrogens (tertiary/aromatic N) is 2. The van der Waals surface area contributed by atoms with E-state index in [-0.39, 0.29) is 0 Å². The summed E-state index contributed by atoms with van der Waals surface area (Å²) in [6.07, 6.45) is 5.14. The molecule has 1 aromatic heterocycles. The molecule has 1 heterocycles. The van der Waals surface area contributed by atoms with Gasteiger partial charge in [-0.3, -0.25) is 0 Å². The van der Waals surface area contributed by atoms with Crippen LogP contribution < -0.4 is 4.57 Å². The highest BCUT2D eigenvalue weighted by Crippen LogP contribution is 2.36. The Kier molecular flexibility index (Phi) is 7.48. The minimum absolute atomic E-state index is 0.727. The Hall–Kier alpha value is -1.35. The Balaban J connectivity index is 0.000000496. The number of nitrogens with one attached hydrogen (secondary N) is 1. The van der Waals surface area contributed by atoms with E-state index in [0.29, 0.717) is 0 Å². The van der Waals surface area contributed by atoms with Crippen LogP contribution in [-0.2, 0) is 33.5 Å². The monoisotopic (exact) mass is 419 g/mol. The normalized spacial score (nSPS) is 13.5. The first kappa shape index (κ1) is 23.6. The van der Waals surface area contributed by atoms with Gasteiger partial charge in [0, 0.05) is 0 Å². The number of sulfonamides is 2. The second-order valence-electron chi connectivity index (χ2n) is 5.03. The fourth-order valence-electron chi connectivity index (χ4n) is 1.24. The number of rotatable bonds is 4. The fourth-order valence-corrected chi connectivity index (χ4v) is 2.95. The summed E-state index contributed by atoms with van der Waals surface area (Å²) in [7, 11) is -11.4. The van der Waals surface area contributed by atoms with Crippen molar-refractivity contribution in [1.82, 2.24) is 4.98 Å². The first-order valence-corrected chi connectivity index (χ1v) is 9.17. The molecule has 0 spiro atoms. The number of hydrogen-bond acceptors (Lipinski definition) is 4. The molecule has 1 N–H and O–H groups in total. The third-order valence-corrected chi connectivity index (χ3v) is 5.10. The lowest BCUT2D eigenvalue weighted by Crippen LogP contribution is -2.31. The van der Waals surface area contributed by atoms with Crippen molar-refractivity contribution < 1.29 is 47.7 Å². The quantitative estimate of drug-likeness (QED) is 0.596. The maximum atomic E-state index is 11.4. The third kappa shape index (κ3) is 7.19. The molecular weight excluding hydrogens is 404 g/mol. The maximum absolute atomic E-state index is 11.4.